The van der Waals surface area contributed by atoms with Gasteiger partial charge in [-0.15, -0.1) is 11.8 Å². The van der Waals surface area contributed by atoms with Crippen molar-refractivity contribution >= 4 is 22.7 Å². The van der Waals surface area contributed by atoms with Gasteiger partial charge >= 0.3 is 6.18 Å². The standard InChI is InChI=1S/C26H31F3N3O3S/c1-32(11-9-30-10-12-32)17-20-16-23(33)24(18-35-20)34-13-3-2-4-14-36-25-7-8-31-22-15-19(26(27,28)29)5-6-21(22)25/h5-8,15-16,18,30H,2-4,9-14,17H2,1H3/q+1. The fourth-order valence-corrected chi connectivity index (χ4v) is 5.32. The second-order valence-corrected chi connectivity index (χ2v) is 10.5. The topological polar surface area (TPSA) is 64.4 Å². The number of likely N-dealkylation sites (N-methyl/N-ethyl adjacent to an activating group) is 1. The van der Waals surface area contributed by atoms with Gasteiger partial charge in [-0.25, -0.2) is 0 Å². The van der Waals surface area contributed by atoms with Gasteiger partial charge in [-0.2, -0.15) is 13.2 Å². The number of halogens is 3. The Labute approximate surface area is 212 Å². The molecule has 10 heteroatoms. The number of rotatable bonds is 10. The van der Waals surface area contributed by atoms with E-state index in [4.69, 9.17) is 9.15 Å². The number of piperazine rings is 1. The van der Waals surface area contributed by atoms with E-state index in [0.29, 0.717) is 24.4 Å². The lowest BCUT2D eigenvalue weighted by Crippen LogP contribution is -2.55. The number of thioether (sulfide) groups is 1. The molecule has 3 aromatic rings. The molecule has 3 heterocycles. The number of hydrogen-bond acceptors (Lipinski definition) is 6. The van der Waals surface area contributed by atoms with Gasteiger partial charge in [0.1, 0.15) is 12.8 Å². The van der Waals surface area contributed by atoms with Crippen LogP contribution in [0.3, 0.4) is 0 Å². The van der Waals surface area contributed by atoms with Crippen molar-refractivity contribution in [3.63, 3.8) is 0 Å². The molecule has 1 aliphatic heterocycles. The van der Waals surface area contributed by atoms with E-state index in [1.165, 1.54) is 18.4 Å². The van der Waals surface area contributed by atoms with Crippen molar-refractivity contribution in [3.05, 3.63) is 64.3 Å². The molecule has 0 unspecified atom stereocenters. The van der Waals surface area contributed by atoms with Crippen molar-refractivity contribution < 1.29 is 26.8 Å². The van der Waals surface area contributed by atoms with Crippen LogP contribution < -0.4 is 15.5 Å². The number of nitrogens with zero attached hydrogens (tertiary/aromatic N) is 2. The molecule has 36 heavy (non-hydrogen) atoms. The number of unbranched alkanes of at least 4 members (excludes halogenated alkanes) is 2. The maximum absolute atomic E-state index is 12.9. The quantitative estimate of drug-likeness (QED) is 0.227. The molecule has 0 saturated carbocycles. The number of aromatic nitrogens is 1. The Bertz CT molecular complexity index is 1230. The van der Waals surface area contributed by atoms with Crippen molar-refractivity contribution in [1.29, 1.82) is 0 Å². The van der Waals surface area contributed by atoms with Crippen molar-refractivity contribution in [1.82, 2.24) is 10.3 Å². The van der Waals surface area contributed by atoms with Gasteiger partial charge in [0.15, 0.2) is 5.76 Å². The van der Waals surface area contributed by atoms with Crippen LogP contribution in [0.15, 0.2) is 56.9 Å². The van der Waals surface area contributed by atoms with Gasteiger partial charge in [0, 0.05) is 35.6 Å². The molecule has 2 aromatic heterocycles. The lowest BCUT2D eigenvalue weighted by atomic mass is 10.1. The summed E-state index contributed by atoms with van der Waals surface area (Å²) in [7, 11) is 2.17. The Morgan fingerprint density at radius 1 is 1.14 bits per heavy atom. The summed E-state index contributed by atoms with van der Waals surface area (Å²) in [6, 6.07) is 7.04. The third-order valence-corrected chi connectivity index (χ3v) is 7.54. The second kappa shape index (κ2) is 11.7. The first-order valence-electron chi connectivity index (χ1n) is 12.1. The predicted octanol–water partition coefficient (Wildman–Crippen LogP) is 5.10. The Balaban J connectivity index is 1.19. The summed E-state index contributed by atoms with van der Waals surface area (Å²) < 4.78 is 51.0. The lowest BCUT2D eigenvalue weighted by Gasteiger charge is -2.37. The molecular weight excluding hydrogens is 491 g/mol. The van der Waals surface area contributed by atoms with Gasteiger partial charge < -0.3 is 19.0 Å². The Morgan fingerprint density at radius 3 is 2.69 bits per heavy atom. The van der Waals surface area contributed by atoms with Crippen LogP contribution in [0.2, 0.25) is 0 Å². The molecule has 1 aromatic carbocycles. The smallest absolute Gasteiger partial charge is 0.416 e. The Hall–Kier alpha value is -2.56. The van der Waals surface area contributed by atoms with E-state index in [-0.39, 0.29) is 11.2 Å². The van der Waals surface area contributed by atoms with E-state index in [1.807, 2.05) is 6.07 Å². The van der Waals surface area contributed by atoms with Crippen molar-refractivity contribution in [2.75, 3.05) is 45.6 Å². The highest BCUT2D eigenvalue weighted by molar-refractivity contribution is 7.99. The molecule has 194 valence electrons. The number of nitrogens with one attached hydrogen (secondary N) is 1. The van der Waals surface area contributed by atoms with Gasteiger partial charge in [0.25, 0.3) is 0 Å². The van der Waals surface area contributed by atoms with Crippen LogP contribution >= 0.6 is 11.8 Å². The molecule has 0 radical (unpaired) electrons. The molecule has 1 N–H and O–H groups in total. The molecule has 1 aliphatic rings. The summed E-state index contributed by atoms with van der Waals surface area (Å²) in [6.07, 6.45) is 1.19. The SMILES string of the molecule is C[N+]1(Cc2cc(=O)c(OCCCCCSc3ccnc4cc(C(F)(F)F)ccc34)co2)CCNCC1. The van der Waals surface area contributed by atoms with Gasteiger partial charge in [0.05, 0.1) is 37.8 Å². The van der Waals surface area contributed by atoms with Crippen LogP contribution in [0.1, 0.15) is 30.6 Å². The van der Waals surface area contributed by atoms with Gasteiger partial charge in [-0.3, -0.25) is 9.78 Å². The highest BCUT2D eigenvalue weighted by Gasteiger charge is 2.30. The summed E-state index contributed by atoms with van der Waals surface area (Å²) in [5.41, 5.74) is -0.507. The van der Waals surface area contributed by atoms with E-state index in [9.17, 15) is 18.0 Å². The van der Waals surface area contributed by atoms with E-state index < -0.39 is 11.7 Å². The fraction of sp³-hybridized carbons (Fsp3) is 0.462. The van der Waals surface area contributed by atoms with Crippen LogP contribution in [-0.4, -0.2) is 55.1 Å². The summed E-state index contributed by atoms with van der Waals surface area (Å²) >= 11 is 1.60. The molecular formula is C26H31F3N3O3S+. The van der Waals surface area contributed by atoms with Crippen molar-refractivity contribution in [2.24, 2.45) is 0 Å². The third-order valence-electron chi connectivity index (χ3n) is 6.38. The first-order chi connectivity index (χ1) is 17.2. The van der Waals surface area contributed by atoms with Gasteiger partial charge in [-0.05, 0) is 43.2 Å². The zero-order chi connectivity index (χ0) is 25.6. The number of pyridine rings is 1. The molecule has 0 spiro atoms. The average Bonchev–Trinajstić information content (AvgIpc) is 2.84. The number of benzene rings is 1. The van der Waals surface area contributed by atoms with E-state index in [1.54, 1.807) is 18.0 Å². The maximum atomic E-state index is 12.9. The Morgan fingerprint density at radius 2 is 1.94 bits per heavy atom. The molecule has 1 saturated heterocycles. The molecule has 0 aliphatic carbocycles. The van der Waals surface area contributed by atoms with E-state index in [0.717, 1.165) is 78.1 Å². The van der Waals surface area contributed by atoms with Crippen LogP contribution in [0.25, 0.3) is 10.9 Å². The van der Waals surface area contributed by atoms with Crippen molar-refractivity contribution in [2.45, 2.75) is 36.9 Å². The molecule has 0 amide bonds. The second-order valence-electron chi connectivity index (χ2n) is 9.35. The summed E-state index contributed by atoms with van der Waals surface area (Å²) in [5.74, 6) is 1.73. The first-order valence-corrected chi connectivity index (χ1v) is 13.1. The zero-order valence-electron chi connectivity index (χ0n) is 20.3. The molecule has 0 bridgehead atoms. The highest BCUT2D eigenvalue weighted by atomic mass is 32.2. The number of quaternary nitrogens is 1. The number of hydrogen-bond donors (Lipinski definition) is 1. The minimum atomic E-state index is -4.38. The van der Waals surface area contributed by atoms with Crippen LogP contribution in [0, 0.1) is 0 Å². The van der Waals surface area contributed by atoms with Crippen molar-refractivity contribution in [3.8, 4) is 5.75 Å². The molecule has 0 atom stereocenters. The minimum Gasteiger partial charge on any atom is -0.487 e. The zero-order valence-corrected chi connectivity index (χ0v) is 21.1. The average molecular weight is 523 g/mol. The lowest BCUT2D eigenvalue weighted by molar-refractivity contribution is -0.925. The number of alkyl halides is 3. The minimum absolute atomic E-state index is 0.160. The molecule has 6 nitrogen and oxygen atoms in total. The molecule has 1 fully saturated rings. The highest BCUT2D eigenvalue weighted by Crippen LogP contribution is 2.34. The molecule has 4 rings (SSSR count). The summed E-state index contributed by atoms with van der Waals surface area (Å²) in [6.45, 7) is 5.02. The van der Waals surface area contributed by atoms with E-state index in [2.05, 4.69) is 17.3 Å². The summed E-state index contributed by atoms with van der Waals surface area (Å²) in [4.78, 5) is 17.4. The van der Waals surface area contributed by atoms with Crippen LogP contribution in [0.5, 0.6) is 5.75 Å². The Kier molecular flexibility index (Phi) is 8.58. The van der Waals surface area contributed by atoms with Crippen LogP contribution in [0.4, 0.5) is 13.2 Å². The monoisotopic (exact) mass is 522 g/mol. The van der Waals surface area contributed by atoms with Crippen LogP contribution in [-0.2, 0) is 12.7 Å². The summed E-state index contributed by atoms with van der Waals surface area (Å²) in [5, 5.41) is 4.07. The number of ether oxygens (including phenoxy) is 1. The fourth-order valence-electron chi connectivity index (χ4n) is 4.27. The van der Waals surface area contributed by atoms with Gasteiger partial charge in [-0.1, -0.05) is 6.07 Å². The normalized spacial score (nSPS) is 15.8. The predicted molar refractivity (Wildman–Crippen MR) is 134 cm³/mol. The first kappa shape index (κ1) is 26.5. The number of fused-ring (bicyclic) bond motifs is 1. The third kappa shape index (κ3) is 7.02. The van der Waals surface area contributed by atoms with Gasteiger partial charge in [0.2, 0.25) is 11.2 Å². The van der Waals surface area contributed by atoms with E-state index >= 15 is 0 Å². The largest absolute Gasteiger partial charge is 0.487 e. The maximum Gasteiger partial charge on any atom is 0.416 e.